The summed E-state index contributed by atoms with van der Waals surface area (Å²) in [7, 11) is 1.62. The molecule has 2 aromatic carbocycles. The fourth-order valence-electron chi connectivity index (χ4n) is 3.03. The quantitative estimate of drug-likeness (QED) is 0.408. The van der Waals surface area contributed by atoms with Crippen molar-refractivity contribution in [3.05, 3.63) is 77.6 Å². The zero-order valence-electron chi connectivity index (χ0n) is 16.9. The monoisotopic (exact) mass is 453 g/mol. The van der Waals surface area contributed by atoms with Crippen LogP contribution in [0.4, 0.5) is 5.69 Å². The highest BCUT2D eigenvalue weighted by Crippen LogP contribution is 2.27. The summed E-state index contributed by atoms with van der Waals surface area (Å²) in [6, 6.07) is 16.9. The number of carbonyl (C=O) groups excluding carboxylic acids is 1. The predicted molar refractivity (Wildman–Crippen MR) is 123 cm³/mol. The number of hydrogen-bond acceptors (Lipinski definition) is 5. The van der Waals surface area contributed by atoms with Gasteiger partial charge in [0, 0.05) is 29.2 Å². The van der Waals surface area contributed by atoms with Gasteiger partial charge in [-0.1, -0.05) is 35.5 Å². The lowest BCUT2D eigenvalue weighted by atomic mass is 10.2. The third-order valence-electron chi connectivity index (χ3n) is 4.64. The van der Waals surface area contributed by atoms with Crippen molar-refractivity contribution < 1.29 is 9.53 Å². The van der Waals surface area contributed by atoms with Gasteiger partial charge in [-0.15, -0.1) is 10.2 Å². The van der Waals surface area contributed by atoms with Gasteiger partial charge in [-0.2, -0.15) is 0 Å². The highest BCUT2D eigenvalue weighted by atomic mass is 35.5. The minimum absolute atomic E-state index is 0.155. The molecule has 0 radical (unpaired) electrons. The second-order valence-electron chi connectivity index (χ2n) is 6.66. The maximum atomic E-state index is 12.6. The molecule has 7 nitrogen and oxygen atoms in total. The molecule has 9 heteroatoms. The Labute approximate surface area is 189 Å². The van der Waals surface area contributed by atoms with Gasteiger partial charge in [-0.05, 0) is 48.9 Å². The van der Waals surface area contributed by atoms with Crippen LogP contribution in [0.2, 0.25) is 5.02 Å². The molecule has 0 saturated heterocycles. The summed E-state index contributed by atoms with van der Waals surface area (Å²) in [5, 5.41) is 12.8. The number of anilines is 1. The lowest BCUT2D eigenvalue weighted by molar-refractivity contribution is -0.113. The van der Waals surface area contributed by atoms with Gasteiger partial charge in [-0.3, -0.25) is 13.9 Å². The Hall–Kier alpha value is -3.23. The van der Waals surface area contributed by atoms with E-state index in [0.717, 1.165) is 17.0 Å². The number of thioether (sulfide) groups is 1. The number of nitrogens with zero attached hydrogens (tertiary/aromatic N) is 4. The molecule has 158 valence electrons. The second kappa shape index (κ2) is 9.28. The maximum absolute atomic E-state index is 12.6. The highest BCUT2D eigenvalue weighted by molar-refractivity contribution is 7.99. The number of halogens is 1. The lowest BCUT2D eigenvalue weighted by Gasteiger charge is -2.12. The SMILES string of the molecule is COc1cccc(-n2c(SCC(=O)Nc3cccc(Cl)c3C)nnc2-n2cccc2)c1. The van der Waals surface area contributed by atoms with E-state index in [-0.39, 0.29) is 11.7 Å². The molecule has 1 amide bonds. The molecule has 0 bridgehead atoms. The van der Waals surface area contributed by atoms with Gasteiger partial charge < -0.3 is 10.1 Å². The first-order valence-corrected chi connectivity index (χ1v) is 10.8. The summed E-state index contributed by atoms with van der Waals surface area (Å²) in [6.07, 6.45) is 3.79. The number of nitrogens with one attached hydrogen (secondary N) is 1. The lowest BCUT2D eigenvalue weighted by Crippen LogP contribution is -2.15. The van der Waals surface area contributed by atoms with E-state index in [9.17, 15) is 4.79 Å². The first-order chi connectivity index (χ1) is 15.1. The smallest absolute Gasteiger partial charge is 0.240 e. The van der Waals surface area contributed by atoms with Crippen molar-refractivity contribution in [2.75, 3.05) is 18.2 Å². The van der Waals surface area contributed by atoms with Crippen LogP contribution in [0, 0.1) is 6.92 Å². The first-order valence-electron chi connectivity index (χ1n) is 9.48. The summed E-state index contributed by atoms with van der Waals surface area (Å²) in [6.45, 7) is 1.87. The van der Waals surface area contributed by atoms with Gasteiger partial charge in [0.25, 0.3) is 0 Å². The van der Waals surface area contributed by atoms with Crippen LogP contribution in [0.25, 0.3) is 11.6 Å². The molecule has 2 heterocycles. The van der Waals surface area contributed by atoms with Gasteiger partial charge in [-0.25, -0.2) is 0 Å². The largest absolute Gasteiger partial charge is 0.497 e. The highest BCUT2D eigenvalue weighted by Gasteiger charge is 2.18. The third kappa shape index (κ3) is 4.60. The fraction of sp³-hybridized carbons (Fsp3) is 0.136. The van der Waals surface area contributed by atoms with Crippen molar-refractivity contribution in [1.82, 2.24) is 19.3 Å². The number of carbonyl (C=O) groups is 1. The molecule has 0 fully saturated rings. The Kier molecular flexibility index (Phi) is 6.29. The van der Waals surface area contributed by atoms with Gasteiger partial charge in [0.1, 0.15) is 5.75 Å². The second-order valence-corrected chi connectivity index (χ2v) is 8.01. The summed E-state index contributed by atoms with van der Waals surface area (Å²) >= 11 is 7.45. The van der Waals surface area contributed by atoms with Gasteiger partial charge in [0.05, 0.1) is 18.6 Å². The van der Waals surface area contributed by atoms with Crippen LogP contribution >= 0.6 is 23.4 Å². The van der Waals surface area contributed by atoms with Crippen molar-refractivity contribution in [3.63, 3.8) is 0 Å². The van der Waals surface area contributed by atoms with Crippen molar-refractivity contribution in [3.8, 4) is 17.4 Å². The van der Waals surface area contributed by atoms with E-state index in [2.05, 4.69) is 15.5 Å². The molecule has 31 heavy (non-hydrogen) atoms. The minimum atomic E-state index is -0.155. The maximum Gasteiger partial charge on any atom is 0.240 e. The van der Waals surface area contributed by atoms with Crippen molar-refractivity contribution >= 4 is 35.0 Å². The van der Waals surface area contributed by atoms with Gasteiger partial charge in [0.15, 0.2) is 5.16 Å². The van der Waals surface area contributed by atoms with Gasteiger partial charge in [0.2, 0.25) is 11.9 Å². The van der Waals surface area contributed by atoms with Crippen molar-refractivity contribution in [2.24, 2.45) is 0 Å². The summed E-state index contributed by atoms with van der Waals surface area (Å²) in [4.78, 5) is 12.6. The molecule has 2 aromatic heterocycles. The molecular weight excluding hydrogens is 434 g/mol. The van der Waals surface area contributed by atoms with Crippen LogP contribution in [0.1, 0.15) is 5.56 Å². The number of benzene rings is 2. The van der Waals surface area contributed by atoms with Crippen LogP contribution in [0.15, 0.2) is 72.1 Å². The zero-order chi connectivity index (χ0) is 21.8. The van der Waals surface area contributed by atoms with E-state index in [1.807, 2.05) is 70.9 Å². The van der Waals surface area contributed by atoms with Crippen molar-refractivity contribution in [2.45, 2.75) is 12.1 Å². The summed E-state index contributed by atoms with van der Waals surface area (Å²) in [5.41, 5.74) is 2.36. The molecule has 0 unspecified atom stereocenters. The Bertz CT molecular complexity index is 1210. The first kappa shape index (κ1) is 21.0. The van der Waals surface area contributed by atoms with Crippen LogP contribution in [-0.2, 0) is 4.79 Å². The normalized spacial score (nSPS) is 10.8. The Morgan fingerprint density at radius 1 is 1.13 bits per heavy atom. The minimum Gasteiger partial charge on any atom is -0.497 e. The molecule has 0 saturated carbocycles. The predicted octanol–water partition coefficient (Wildman–Crippen LogP) is 4.76. The molecule has 4 rings (SSSR count). The number of hydrogen-bond donors (Lipinski definition) is 1. The Morgan fingerprint density at radius 3 is 2.68 bits per heavy atom. The molecule has 0 aliphatic heterocycles. The Balaban J connectivity index is 1.59. The number of amides is 1. The van der Waals surface area contributed by atoms with E-state index in [1.165, 1.54) is 11.8 Å². The van der Waals surface area contributed by atoms with E-state index in [0.29, 0.717) is 21.8 Å². The van der Waals surface area contributed by atoms with Crippen LogP contribution in [0.5, 0.6) is 5.75 Å². The third-order valence-corrected chi connectivity index (χ3v) is 5.98. The fourth-order valence-corrected chi connectivity index (χ4v) is 3.95. The average Bonchev–Trinajstić information content (AvgIpc) is 3.45. The number of rotatable bonds is 7. The van der Waals surface area contributed by atoms with E-state index in [4.69, 9.17) is 16.3 Å². The molecule has 4 aromatic rings. The van der Waals surface area contributed by atoms with Crippen molar-refractivity contribution in [1.29, 1.82) is 0 Å². The van der Waals surface area contributed by atoms with E-state index in [1.54, 1.807) is 19.2 Å². The van der Waals surface area contributed by atoms with Crippen LogP contribution < -0.4 is 10.1 Å². The van der Waals surface area contributed by atoms with Crippen LogP contribution in [0.3, 0.4) is 0 Å². The molecule has 0 atom stereocenters. The molecule has 0 spiro atoms. The topological polar surface area (TPSA) is 74.0 Å². The molecule has 0 aliphatic rings. The van der Waals surface area contributed by atoms with E-state index < -0.39 is 0 Å². The Morgan fingerprint density at radius 2 is 1.90 bits per heavy atom. The zero-order valence-corrected chi connectivity index (χ0v) is 18.5. The molecule has 1 N–H and O–H groups in total. The standard InChI is InChI=1S/C22H20ClN5O2S/c1-15-18(23)9-6-10-19(15)24-20(29)14-31-22-26-25-21(27-11-3-4-12-27)28(22)16-7-5-8-17(13-16)30-2/h3-13H,14H2,1-2H3,(H,24,29). The number of ether oxygens (including phenoxy) is 1. The van der Waals surface area contributed by atoms with Crippen LogP contribution in [-0.4, -0.2) is 38.1 Å². The summed E-state index contributed by atoms with van der Waals surface area (Å²) in [5.74, 6) is 1.35. The number of methoxy groups -OCH3 is 1. The van der Waals surface area contributed by atoms with E-state index >= 15 is 0 Å². The molecule has 0 aliphatic carbocycles. The summed E-state index contributed by atoms with van der Waals surface area (Å²) < 4.78 is 9.13. The number of aromatic nitrogens is 4. The van der Waals surface area contributed by atoms with Gasteiger partial charge >= 0.3 is 0 Å². The average molecular weight is 454 g/mol. The molecular formula is C22H20ClN5O2S.